The van der Waals surface area contributed by atoms with Crippen molar-refractivity contribution < 1.29 is 42.6 Å². The van der Waals surface area contributed by atoms with E-state index in [1.54, 1.807) is 0 Å². The Labute approximate surface area is 185 Å². The van der Waals surface area contributed by atoms with Crippen molar-refractivity contribution in [1.29, 1.82) is 0 Å². The smallest absolute Gasteiger partial charge is 0.498 e. The van der Waals surface area contributed by atoms with Crippen molar-refractivity contribution in [3.8, 4) is 5.75 Å². The topological polar surface area (TPSA) is 130 Å². The van der Waals surface area contributed by atoms with Crippen LogP contribution >= 0.6 is 0 Å². The number of non-ortho nitro benzene ring substituents is 1. The van der Waals surface area contributed by atoms with Crippen LogP contribution in [0.4, 0.5) is 29.3 Å². The molecule has 1 aliphatic heterocycles. The molecular formula is C21H19F3N2O7. The molecule has 9 nitrogen and oxygen atoms in total. The number of likely N-dealkylation sites (tertiary alicyclic amines) is 1. The zero-order chi connectivity index (χ0) is 24.6. The van der Waals surface area contributed by atoms with Crippen LogP contribution in [0.25, 0.3) is 0 Å². The monoisotopic (exact) mass is 468 g/mol. The maximum Gasteiger partial charge on any atom is 0.573 e. The van der Waals surface area contributed by atoms with Crippen LogP contribution in [0, 0.1) is 15.5 Å². The molecule has 2 aromatic rings. The first-order valence-corrected chi connectivity index (χ1v) is 9.68. The first-order chi connectivity index (χ1) is 15.3. The Morgan fingerprint density at radius 1 is 1.15 bits per heavy atom. The number of nitrogens with zero attached hydrogens (tertiary/aromatic N) is 2. The highest BCUT2D eigenvalue weighted by Crippen LogP contribution is 2.44. The number of nitro benzene ring substituents is 1. The standard InChI is InChI=1S/C21H19F3N2O7/c1-20(18(27)28)10-14(13-2-8-17(9-3-13)33-21(22,23)24)11-26(12-20,19(29)30)16-6-4-15(5-7-16)25(31)32/h2-9,14H,10-12H2,1H3,(H-,27,28,29,30). The van der Waals surface area contributed by atoms with Gasteiger partial charge in [0.25, 0.3) is 11.8 Å². The van der Waals surface area contributed by atoms with Crippen LogP contribution in [-0.2, 0) is 4.79 Å². The van der Waals surface area contributed by atoms with E-state index in [1.807, 2.05) is 0 Å². The van der Waals surface area contributed by atoms with E-state index in [2.05, 4.69) is 4.74 Å². The molecule has 1 fully saturated rings. The number of nitro groups is 1. The highest BCUT2D eigenvalue weighted by molar-refractivity contribution is 5.83. The number of amides is 1. The van der Waals surface area contributed by atoms with Crippen LogP contribution in [0.2, 0.25) is 0 Å². The lowest BCUT2D eigenvalue weighted by molar-refractivity contribution is -0.384. The highest BCUT2D eigenvalue weighted by Gasteiger charge is 2.53. The maximum atomic E-state index is 12.4. The molecule has 1 amide bonds. The van der Waals surface area contributed by atoms with Gasteiger partial charge in [-0.05, 0) is 31.0 Å². The number of quaternary nitrogens is 1. The van der Waals surface area contributed by atoms with Crippen molar-refractivity contribution in [1.82, 2.24) is 4.48 Å². The molecule has 1 saturated heterocycles. The largest absolute Gasteiger partial charge is 0.573 e. The number of piperidine rings is 1. The number of alkyl halides is 3. The molecular weight excluding hydrogens is 449 g/mol. The second-order valence-corrected chi connectivity index (χ2v) is 8.23. The Bertz CT molecular complexity index is 1070. The van der Waals surface area contributed by atoms with E-state index in [1.165, 1.54) is 31.2 Å². The SMILES string of the molecule is CC1(C(=O)O)CC(c2ccc(OC(F)(F)F)cc2)C[N+](C(=O)[O-])(c2ccc([N+](=O)[O-])cc2)C1. The molecule has 0 spiro atoms. The fraction of sp³-hybridized carbons (Fsp3) is 0.333. The number of ether oxygens (including phenoxy) is 1. The van der Waals surface area contributed by atoms with Gasteiger partial charge in [-0.25, -0.2) is 4.48 Å². The quantitative estimate of drug-likeness (QED) is 0.404. The van der Waals surface area contributed by atoms with E-state index in [0.717, 1.165) is 24.3 Å². The maximum absolute atomic E-state index is 12.4. The minimum Gasteiger partial charge on any atom is -0.498 e. The lowest BCUT2D eigenvalue weighted by Crippen LogP contribution is -2.68. The third-order valence-corrected chi connectivity index (χ3v) is 5.85. The number of halogens is 3. The van der Waals surface area contributed by atoms with Gasteiger partial charge in [0.1, 0.15) is 23.4 Å². The van der Waals surface area contributed by atoms with Gasteiger partial charge in [0.05, 0.1) is 11.5 Å². The molecule has 3 atom stereocenters. The molecule has 0 aliphatic carbocycles. The number of carboxylic acids is 1. The molecule has 0 radical (unpaired) electrons. The van der Waals surface area contributed by atoms with Crippen molar-refractivity contribution in [2.24, 2.45) is 5.41 Å². The number of hydrogen-bond donors (Lipinski definition) is 1. The highest BCUT2D eigenvalue weighted by atomic mass is 19.4. The van der Waals surface area contributed by atoms with E-state index in [9.17, 15) is 43.1 Å². The van der Waals surface area contributed by atoms with Crippen LogP contribution in [0.15, 0.2) is 48.5 Å². The summed E-state index contributed by atoms with van der Waals surface area (Å²) in [5.41, 5.74) is -1.30. The van der Waals surface area contributed by atoms with Crippen molar-refractivity contribution in [3.63, 3.8) is 0 Å². The van der Waals surface area contributed by atoms with Gasteiger partial charge in [-0.1, -0.05) is 12.1 Å². The lowest BCUT2D eigenvalue weighted by Gasteiger charge is -2.49. The third kappa shape index (κ3) is 4.90. The van der Waals surface area contributed by atoms with Crippen LogP contribution in [0.1, 0.15) is 24.8 Å². The van der Waals surface area contributed by atoms with E-state index >= 15 is 0 Å². The summed E-state index contributed by atoms with van der Waals surface area (Å²) in [6.07, 6.45) is -6.47. The molecule has 2 aromatic carbocycles. The van der Waals surface area contributed by atoms with Crippen molar-refractivity contribution in [3.05, 3.63) is 64.2 Å². The van der Waals surface area contributed by atoms with Crippen LogP contribution in [0.5, 0.6) is 5.75 Å². The number of carboxylic acid groups (broad SMARTS) is 2. The molecule has 33 heavy (non-hydrogen) atoms. The van der Waals surface area contributed by atoms with Gasteiger partial charge in [-0.2, -0.15) is 0 Å². The summed E-state index contributed by atoms with van der Waals surface area (Å²) in [6, 6.07) is 9.46. The zero-order valence-corrected chi connectivity index (χ0v) is 17.2. The summed E-state index contributed by atoms with van der Waals surface area (Å²) in [4.78, 5) is 34.8. The number of rotatable bonds is 5. The Kier molecular flexibility index (Phi) is 6.07. The summed E-state index contributed by atoms with van der Waals surface area (Å²) in [7, 11) is 0. The van der Waals surface area contributed by atoms with Gasteiger partial charge >= 0.3 is 12.3 Å². The van der Waals surface area contributed by atoms with Crippen LogP contribution in [0.3, 0.4) is 0 Å². The summed E-state index contributed by atoms with van der Waals surface area (Å²) >= 11 is 0. The fourth-order valence-electron chi connectivity index (χ4n) is 4.33. The second kappa shape index (κ2) is 8.35. The van der Waals surface area contributed by atoms with Crippen molar-refractivity contribution >= 4 is 23.4 Å². The molecule has 0 bridgehead atoms. The van der Waals surface area contributed by atoms with Crippen LogP contribution < -0.4 is 14.3 Å². The molecule has 0 saturated carbocycles. The van der Waals surface area contributed by atoms with Crippen molar-refractivity contribution in [2.45, 2.75) is 25.6 Å². The number of hydrogen-bond acceptors (Lipinski definition) is 6. The normalized spacial score (nSPS) is 25.3. The van der Waals surface area contributed by atoms with Crippen molar-refractivity contribution in [2.75, 3.05) is 13.1 Å². The number of aliphatic carboxylic acids is 1. The first-order valence-electron chi connectivity index (χ1n) is 9.68. The average molecular weight is 468 g/mol. The molecule has 0 aromatic heterocycles. The van der Waals surface area contributed by atoms with E-state index < -0.39 is 44.9 Å². The molecule has 12 heteroatoms. The summed E-state index contributed by atoms with van der Waals surface area (Å²) in [5.74, 6) is -2.41. The van der Waals surface area contributed by atoms with E-state index in [0.29, 0.717) is 5.56 Å². The first kappa shape index (κ1) is 24.0. The van der Waals surface area contributed by atoms with Gasteiger partial charge in [-0.15, -0.1) is 13.2 Å². The second-order valence-electron chi connectivity index (χ2n) is 8.23. The van der Waals surface area contributed by atoms with Gasteiger partial charge in [-0.3, -0.25) is 14.9 Å². The van der Waals surface area contributed by atoms with Gasteiger partial charge in [0.2, 0.25) is 0 Å². The minimum absolute atomic E-state index is 0.0159. The fourth-order valence-corrected chi connectivity index (χ4v) is 4.33. The average Bonchev–Trinajstić information content (AvgIpc) is 2.72. The number of carbonyl (C=O) groups is 2. The Hall–Kier alpha value is -3.67. The zero-order valence-electron chi connectivity index (χ0n) is 17.2. The third-order valence-electron chi connectivity index (χ3n) is 5.85. The molecule has 176 valence electrons. The van der Waals surface area contributed by atoms with Gasteiger partial charge in [0.15, 0.2) is 0 Å². The minimum atomic E-state index is -4.88. The van der Waals surface area contributed by atoms with Gasteiger partial charge in [0, 0.05) is 30.2 Å². The summed E-state index contributed by atoms with van der Waals surface area (Å²) in [6.45, 7) is 0.834. The molecule has 1 heterocycles. The number of benzene rings is 2. The summed E-state index contributed by atoms with van der Waals surface area (Å²) < 4.78 is 40.2. The molecule has 1 aliphatic rings. The van der Waals surface area contributed by atoms with Gasteiger partial charge < -0.3 is 19.7 Å². The Morgan fingerprint density at radius 3 is 2.18 bits per heavy atom. The summed E-state index contributed by atoms with van der Waals surface area (Å²) in [5, 5.41) is 33.2. The molecule has 3 unspecified atom stereocenters. The predicted octanol–water partition coefficient (Wildman–Crippen LogP) is 3.42. The van der Waals surface area contributed by atoms with E-state index in [-0.39, 0.29) is 30.9 Å². The molecule has 1 N–H and O–H groups in total. The lowest BCUT2D eigenvalue weighted by atomic mass is 9.73. The van der Waals surface area contributed by atoms with E-state index in [4.69, 9.17) is 0 Å². The Balaban J connectivity index is 2.05. The van der Waals surface area contributed by atoms with Crippen LogP contribution in [-0.4, -0.2) is 41.5 Å². The number of carbonyl (C=O) groups excluding carboxylic acids is 1. The Morgan fingerprint density at radius 2 is 1.73 bits per heavy atom. The predicted molar refractivity (Wildman–Crippen MR) is 106 cm³/mol. The molecule has 3 rings (SSSR count).